The number of benzene rings is 2. The number of para-hydroxylation sites is 1. The van der Waals surface area contributed by atoms with Crippen LogP contribution in [-0.4, -0.2) is 36.7 Å². The van der Waals surface area contributed by atoms with E-state index in [1.807, 2.05) is 36.0 Å². The largest absolute Gasteiger partial charge is 0.364 e. The number of nitrogens with one attached hydrogen (secondary N) is 1. The number of piperidine rings is 1. The fourth-order valence-corrected chi connectivity index (χ4v) is 6.89. The summed E-state index contributed by atoms with van der Waals surface area (Å²) in [6, 6.07) is 14.7. The second kappa shape index (κ2) is 8.09. The molecule has 1 saturated heterocycles. The summed E-state index contributed by atoms with van der Waals surface area (Å²) < 4.78 is 1.02. The van der Waals surface area contributed by atoms with Gasteiger partial charge in [-0.2, -0.15) is 0 Å². The van der Waals surface area contributed by atoms with Crippen LogP contribution in [-0.2, 0) is 0 Å². The number of ketones is 1. The zero-order valence-electron chi connectivity index (χ0n) is 16.6. The fourth-order valence-electron chi connectivity index (χ4n) is 5.60. The summed E-state index contributed by atoms with van der Waals surface area (Å²) in [5, 5.41) is 3.65. The van der Waals surface area contributed by atoms with Crippen LogP contribution < -0.4 is 10.2 Å². The molecule has 2 unspecified atom stereocenters. The average molecular weight is 471 g/mol. The third-order valence-corrected chi connectivity index (χ3v) is 8.57. The molecule has 0 aromatic heterocycles. The first-order chi connectivity index (χ1) is 14.2. The van der Waals surface area contributed by atoms with Crippen molar-refractivity contribution in [1.82, 2.24) is 5.32 Å². The molecule has 2 aromatic carbocycles. The molecule has 0 radical (unpaired) electrons. The van der Waals surface area contributed by atoms with E-state index in [0.717, 1.165) is 42.5 Å². The molecular weight excluding hydrogens is 444 g/mol. The van der Waals surface area contributed by atoms with Crippen molar-refractivity contribution in [3.05, 3.63) is 58.1 Å². The van der Waals surface area contributed by atoms with E-state index in [2.05, 4.69) is 44.3 Å². The van der Waals surface area contributed by atoms with Gasteiger partial charge in [-0.25, -0.2) is 0 Å². The van der Waals surface area contributed by atoms with Crippen LogP contribution in [0.4, 0.5) is 5.69 Å². The van der Waals surface area contributed by atoms with Gasteiger partial charge in [-0.3, -0.25) is 4.79 Å². The van der Waals surface area contributed by atoms with Crippen molar-refractivity contribution in [1.29, 1.82) is 0 Å². The lowest BCUT2D eigenvalue weighted by molar-refractivity contribution is 0.0974. The molecule has 0 amide bonds. The fraction of sp³-hybridized carbons (Fsp3) is 0.458. The molecule has 3 aliphatic rings. The van der Waals surface area contributed by atoms with Gasteiger partial charge in [0, 0.05) is 45.9 Å². The van der Waals surface area contributed by atoms with Crippen LogP contribution in [0.15, 0.2) is 51.8 Å². The minimum absolute atomic E-state index is 0.175. The number of halogens is 1. The van der Waals surface area contributed by atoms with Gasteiger partial charge in [0.1, 0.15) is 0 Å². The number of rotatable bonds is 5. The number of Topliss-reactive ketones (excluding diaryl/α,β-unsaturated/α-hetero) is 1. The molecule has 1 N–H and O–H groups in total. The number of anilines is 1. The van der Waals surface area contributed by atoms with Crippen LogP contribution in [0.3, 0.4) is 0 Å². The third kappa shape index (κ3) is 3.45. The molecule has 29 heavy (non-hydrogen) atoms. The molecule has 5 heteroatoms. The lowest BCUT2D eigenvalue weighted by Gasteiger charge is -2.47. The molecule has 1 fully saturated rings. The van der Waals surface area contributed by atoms with Gasteiger partial charge in [0.25, 0.3) is 0 Å². The molecule has 3 aliphatic heterocycles. The van der Waals surface area contributed by atoms with E-state index in [9.17, 15) is 4.79 Å². The molecule has 0 saturated carbocycles. The minimum Gasteiger partial charge on any atom is -0.364 e. The van der Waals surface area contributed by atoms with Gasteiger partial charge in [0.2, 0.25) is 0 Å². The normalized spacial score (nSPS) is 25.3. The second-order valence-corrected chi connectivity index (χ2v) is 10.5. The summed E-state index contributed by atoms with van der Waals surface area (Å²) in [6.45, 7) is 3.27. The van der Waals surface area contributed by atoms with Crippen LogP contribution in [0, 0.1) is 0 Å². The maximum absolute atomic E-state index is 12.7. The highest BCUT2D eigenvalue weighted by Crippen LogP contribution is 2.56. The van der Waals surface area contributed by atoms with Crippen molar-refractivity contribution >= 4 is 39.2 Å². The van der Waals surface area contributed by atoms with Gasteiger partial charge in [-0.15, -0.1) is 11.8 Å². The van der Waals surface area contributed by atoms with Gasteiger partial charge in [0.05, 0.1) is 5.69 Å². The lowest BCUT2D eigenvalue weighted by Crippen LogP contribution is -2.56. The van der Waals surface area contributed by atoms with E-state index in [0.29, 0.717) is 12.3 Å². The number of thioether (sulfide) groups is 1. The number of fused-ring (bicyclic) bond motifs is 3. The number of nitrogens with zero attached hydrogens (tertiary/aromatic N) is 1. The standard InChI is InChI=1S/C24H27BrN2OS/c25-18-9-7-17(8-10-18)21(28)5-2-11-24-12-13-26-16-20(24)19-4-1-6-22-23(19)27(24)14-3-15-29-22/h1,4,6-10,20,26H,2-3,5,11-16H2. The van der Waals surface area contributed by atoms with Crippen molar-refractivity contribution < 1.29 is 4.79 Å². The maximum atomic E-state index is 12.7. The highest BCUT2D eigenvalue weighted by atomic mass is 79.9. The zero-order valence-corrected chi connectivity index (χ0v) is 19.0. The molecule has 152 valence electrons. The van der Waals surface area contributed by atoms with Gasteiger partial charge in [-0.1, -0.05) is 40.2 Å². The van der Waals surface area contributed by atoms with E-state index >= 15 is 0 Å². The Balaban J connectivity index is 1.38. The topological polar surface area (TPSA) is 32.3 Å². The molecule has 0 spiro atoms. The zero-order chi connectivity index (χ0) is 19.8. The molecule has 5 rings (SSSR count). The van der Waals surface area contributed by atoms with Gasteiger partial charge < -0.3 is 10.2 Å². The molecule has 3 nitrogen and oxygen atoms in total. The average Bonchev–Trinajstić information content (AvgIpc) is 2.86. The second-order valence-electron chi connectivity index (χ2n) is 8.44. The first-order valence-electron chi connectivity index (χ1n) is 10.7. The van der Waals surface area contributed by atoms with Crippen LogP contribution in [0.5, 0.6) is 0 Å². The highest BCUT2D eigenvalue weighted by Gasteiger charge is 2.52. The number of hydrogen-bond donors (Lipinski definition) is 1. The number of hydrogen-bond acceptors (Lipinski definition) is 4. The summed E-state index contributed by atoms with van der Waals surface area (Å²) >= 11 is 5.47. The first-order valence-corrected chi connectivity index (χ1v) is 12.5. The molecule has 2 aromatic rings. The van der Waals surface area contributed by atoms with E-state index in [1.165, 1.54) is 34.7 Å². The Hall–Kier alpha value is -1.30. The smallest absolute Gasteiger partial charge is 0.162 e. The Morgan fingerprint density at radius 3 is 2.97 bits per heavy atom. The SMILES string of the molecule is O=C(CCCC12CCNCC1c1cccc3c1N2CCCS3)c1ccc(Br)cc1. The minimum atomic E-state index is 0.175. The van der Waals surface area contributed by atoms with Crippen LogP contribution in [0.25, 0.3) is 0 Å². The number of carbonyl (C=O) groups excluding carboxylic acids is 1. The van der Waals surface area contributed by atoms with Crippen LogP contribution >= 0.6 is 27.7 Å². The Morgan fingerprint density at radius 1 is 1.24 bits per heavy atom. The van der Waals surface area contributed by atoms with E-state index < -0.39 is 0 Å². The Labute approximate surface area is 185 Å². The Bertz CT molecular complexity index is 916. The first kappa shape index (κ1) is 19.7. The van der Waals surface area contributed by atoms with Crippen LogP contribution in [0.2, 0.25) is 0 Å². The Kier molecular flexibility index (Phi) is 5.48. The van der Waals surface area contributed by atoms with Gasteiger partial charge in [0.15, 0.2) is 5.78 Å². The molecule has 2 atom stereocenters. The van der Waals surface area contributed by atoms with E-state index in [-0.39, 0.29) is 11.3 Å². The lowest BCUT2D eigenvalue weighted by atomic mass is 9.73. The Morgan fingerprint density at radius 2 is 2.10 bits per heavy atom. The molecule has 3 heterocycles. The molecular formula is C24H27BrN2OS. The van der Waals surface area contributed by atoms with Crippen molar-refractivity contribution in [2.45, 2.75) is 48.5 Å². The summed E-state index contributed by atoms with van der Waals surface area (Å²) in [5.74, 6) is 2.00. The monoisotopic (exact) mass is 470 g/mol. The van der Waals surface area contributed by atoms with Crippen molar-refractivity contribution in [3.63, 3.8) is 0 Å². The predicted octanol–water partition coefficient (Wildman–Crippen LogP) is 5.63. The summed E-state index contributed by atoms with van der Waals surface area (Å²) in [4.78, 5) is 16.9. The van der Waals surface area contributed by atoms with E-state index in [1.54, 1.807) is 0 Å². The number of carbonyl (C=O) groups is 1. The van der Waals surface area contributed by atoms with Gasteiger partial charge >= 0.3 is 0 Å². The van der Waals surface area contributed by atoms with E-state index in [4.69, 9.17) is 0 Å². The predicted molar refractivity (Wildman–Crippen MR) is 124 cm³/mol. The summed E-state index contributed by atoms with van der Waals surface area (Å²) in [6.07, 6.45) is 5.09. The third-order valence-electron chi connectivity index (χ3n) is 6.91. The summed E-state index contributed by atoms with van der Waals surface area (Å²) in [7, 11) is 0. The molecule has 0 bridgehead atoms. The maximum Gasteiger partial charge on any atom is 0.162 e. The van der Waals surface area contributed by atoms with Crippen molar-refractivity contribution in [2.24, 2.45) is 0 Å². The quantitative estimate of drug-likeness (QED) is 0.573. The van der Waals surface area contributed by atoms with Crippen molar-refractivity contribution in [2.75, 3.05) is 30.3 Å². The van der Waals surface area contributed by atoms with Gasteiger partial charge in [-0.05, 0) is 61.7 Å². The van der Waals surface area contributed by atoms with Crippen molar-refractivity contribution in [3.8, 4) is 0 Å². The molecule has 0 aliphatic carbocycles. The summed E-state index contributed by atoms with van der Waals surface area (Å²) in [5.41, 5.74) is 4.04. The highest BCUT2D eigenvalue weighted by molar-refractivity contribution is 9.10. The van der Waals surface area contributed by atoms with Crippen LogP contribution in [0.1, 0.15) is 53.9 Å².